The minimum Gasteiger partial charge on any atom is -0.497 e. The van der Waals surface area contributed by atoms with Crippen LogP contribution in [0.4, 0.5) is 11.4 Å². The van der Waals surface area contributed by atoms with Crippen LogP contribution in [0.15, 0.2) is 53.0 Å². The van der Waals surface area contributed by atoms with E-state index in [9.17, 15) is 9.59 Å². The van der Waals surface area contributed by atoms with E-state index in [-0.39, 0.29) is 30.1 Å². The highest BCUT2D eigenvalue weighted by molar-refractivity contribution is 9.10. The molecule has 1 aliphatic heterocycles. The smallest absolute Gasteiger partial charge is 0.230 e. The fourth-order valence-electron chi connectivity index (χ4n) is 3.18. The maximum atomic E-state index is 12.8. The quantitative estimate of drug-likeness (QED) is 0.798. The molecule has 0 saturated carbocycles. The number of hydrogen-bond donors (Lipinski definition) is 1. The Balaban J connectivity index is 1.65. The van der Waals surface area contributed by atoms with E-state index in [0.717, 1.165) is 21.6 Å². The molecule has 0 aliphatic carbocycles. The number of anilines is 2. The Hall–Kier alpha value is -2.34. The van der Waals surface area contributed by atoms with Crippen LogP contribution in [-0.2, 0) is 9.59 Å². The number of benzene rings is 2. The number of methoxy groups -OCH3 is 1. The van der Waals surface area contributed by atoms with Crippen molar-refractivity contribution >= 4 is 39.1 Å². The average molecular weight is 417 g/mol. The van der Waals surface area contributed by atoms with E-state index >= 15 is 0 Å². The van der Waals surface area contributed by atoms with Gasteiger partial charge in [0.25, 0.3) is 0 Å². The summed E-state index contributed by atoms with van der Waals surface area (Å²) in [6.45, 7) is 2.63. The third kappa shape index (κ3) is 4.07. The molecule has 0 bridgehead atoms. The number of ether oxygens (including phenoxy) is 1. The third-order valence-corrected chi connectivity index (χ3v) is 5.19. The molecule has 1 saturated heterocycles. The van der Waals surface area contributed by atoms with Crippen LogP contribution < -0.4 is 15.0 Å². The highest BCUT2D eigenvalue weighted by Crippen LogP contribution is 2.32. The second-order valence-corrected chi connectivity index (χ2v) is 7.41. The molecule has 3 rings (SSSR count). The van der Waals surface area contributed by atoms with Crippen LogP contribution >= 0.6 is 15.9 Å². The number of rotatable bonds is 5. The summed E-state index contributed by atoms with van der Waals surface area (Å²) in [5.41, 5.74) is 1.56. The first-order valence-electron chi connectivity index (χ1n) is 8.49. The van der Waals surface area contributed by atoms with Gasteiger partial charge in [-0.25, -0.2) is 0 Å². The first-order chi connectivity index (χ1) is 12.5. The van der Waals surface area contributed by atoms with Gasteiger partial charge in [-0.1, -0.05) is 22.9 Å². The third-order valence-electron chi connectivity index (χ3n) is 4.66. The van der Waals surface area contributed by atoms with E-state index in [2.05, 4.69) is 21.2 Å². The second-order valence-electron chi connectivity index (χ2n) is 6.49. The van der Waals surface area contributed by atoms with Gasteiger partial charge in [-0.2, -0.15) is 0 Å². The van der Waals surface area contributed by atoms with Gasteiger partial charge in [0.2, 0.25) is 11.8 Å². The molecule has 1 heterocycles. The summed E-state index contributed by atoms with van der Waals surface area (Å²) in [7, 11) is 1.61. The monoisotopic (exact) mass is 416 g/mol. The lowest BCUT2D eigenvalue weighted by Gasteiger charge is -2.17. The van der Waals surface area contributed by atoms with Crippen molar-refractivity contribution in [1.29, 1.82) is 0 Å². The molecule has 0 aromatic heterocycles. The molecule has 6 heteroatoms. The topological polar surface area (TPSA) is 58.6 Å². The predicted octanol–water partition coefficient (Wildman–Crippen LogP) is 4.09. The molecule has 0 unspecified atom stereocenters. The molecular weight excluding hydrogens is 396 g/mol. The van der Waals surface area contributed by atoms with Crippen LogP contribution in [0.1, 0.15) is 13.3 Å². The lowest BCUT2D eigenvalue weighted by molar-refractivity contribution is -0.125. The summed E-state index contributed by atoms with van der Waals surface area (Å²) < 4.78 is 6.11. The van der Waals surface area contributed by atoms with Crippen molar-refractivity contribution in [2.24, 2.45) is 11.8 Å². The molecule has 1 aliphatic rings. The zero-order chi connectivity index (χ0) is 18.7. The molecule has 0 radical (unpaired) electrons. The summed E-state index contributed by atoms with van der Waals surface area (Å²) in [5, 5.41) is 2.86. The van der Waals surface area contributed by atoms with Crippen molar-refractivity contribution in [3.8, 4) is 5.75 Å². The Morgan fingerprint density at radius 3 is 2.46 bits per heavy atom. The largest absolute Gasteiger partial charge is 0.497 e. The molecule has 0 spiro atoms. The summed E-state index contributed by atoms with van der Waals surface area (Å²) in [6.07, 6.45) is 0.183. The first kappa shape index (κ1) is 18.5. The number of carbonyl (C=O) groups excluding carboxylic acids is 2. The van der Waals surface area contributed by atoms with Crippen molar-refractivity contribution in [2.45, 2.75) is 13.3 Å². The molecule has 2 aromatic carbocycles. The van der Waals surface area contributed by atoms with Crippen molar-refractivity contribution in [1.82, 2.24) is 0 Å². The highest BCUT2D eigenvalue weighted by atomic mass is 79.9. The first-order valence-corrected chi connectivity index (χ1v) is 9.28. The minimum absolute atomic E-state index is 0.00590. The maximum Gasteiger partial charge on any atom is 0.230 e. The van der Waals surface area contributed by atoms with Gasteiger partial charge in [-0.15, -0.1) is 0 Å². The van der Waals surface area contributed by atoms with Gasteiger partial charge >= 0.3 is 0 Å². The molecule has 2 aromatic rings. The van der Waals surface area contributed by atoms with Crippen LogP contribution in [0.25, 0.3) is 0 Å². The second kappa shape index (κ2) is 7.91. The zero-order valence-electron chi connectivity index (χ0n) is 14.7. The van der Waals surface area contributed by atoms with Crippen molar-refractivity contribution < 1.29 is 14.3 Å². The highest BCUT2D eigenvalue weighted by Gasteiger charge is 2.39. The van der Waals surface area contributed by atoms with E-state index in [1.54, 1.807) is 12.0 Å². The minimum atomic E-state index is -0.312. The lowest BCUT2D eigenvalue weighted by atomic mass is 9.94. The molecule has 1 N–H and O–H groups in total. The predicted molar refractivity (Wildman–Crippen MR) is 105 cm³/mol. The molecule has 5 nitrogen and oxygen atoms in total. The molecule has 26 heavy (non-hydrogen) atoms. The number of hydrogen-bond acceptors (Lipinski definition) is 3. The number of carbonyl (C=O) groups is 2. The summed E-state index contributed by atoms with van der Waals surface area (Å²) in [4.78, 5) is 26.9. The van der Waals surface area contributed by atoms with Crippen LogP contribution in [0.5, 0.6) is 5.75 Å². The van der Waals surface area contributed by atoms with Gasteiger partial charge in [-0.3, -0.25) is 9.59 Å². The summed E-state index contributed by atoms with van der Waals surface area (Å²) in [5.74, 6) is 0.398. The van der Waals surface area contributed by atoms with Gasteiger partial charge in [-0.05, 0) is 54.4 Å². The molecule has 1 fully saturated rings. The molecular formula is C20H21BrN2O3. The molecule has 136 valence electrons. The van der Waals surface area contributed by atoms with Gasteiger partial charge in [0.15, 0.2) is 0 Å². The van der Waals surface area contributed by atoms with Gasteiger partial charge in [0.1, 0.15) is 5.75 Å². The van der Waals surface area contributed by atoms with Crippen molar-refractivity contribution in [2.75, 3.05) is 23.9 Å². The van der Waals surface area contributed by atoms with Crippen LogP contribution in [-0.4, -0.2) is 25.5 Å². The normalized spacial score (nSPS) is 19.5. The number of nitrogens with zero attached hydrogens (tertiary/aromatic N) is 1. The van der Waals surface area contributed by atoms with Crippen molar-refractivity contribution in [3.05, 3.63) is 53.0 Å². The Morgan fingerprint density at radius 2 is 1.85 bits per heavy atom. The van der Waals surface area contributed by atoms with E-state index in [0.29, 0.717) is 6.54 Å². The number of halogens is 1. The van der Waals surface area contributed by atoms with E-state index in [1.807, 2.05) is 55.5 Å². The van der Waals surface area contributed by atoms with E-state index in [1.165, 1.54) is 0 Å². The Bertz CT molecular complexity index is 790. The lowest BCUT2D eigenvalue weighted by Crippen LogP contribution is -2.29. The fourth-order valence-corrected chi connectivity index (χ4v) is 3.44. The Labute approximate surface area is 161 Å². The fraction of sp³-hybridized carbons (Fsp3) is 0.300. The van der Waals surface area contributed by atoms with Gasteiger partial charge in [0, 0.05) is 28.8 Å². The summed E-state index contributed by atoms with van der Waals surface area (Å²) in [6, 6.07) is 14.8. The average Bonchev–Trinajstić information content (AvgIpc) is 2.92. The van der Waals surface area contributed by atoms with E-state index in [4.69, 9.17) is 4.74 Å². The van der Waals surface area contributed by atoms with Gasteiger partial charge < -0.3 is 15.0 Å². The molecule has 2 atom stereocenters. The zero-order valence-corrected chi connectivity index (χ0v) is 16.3. The standard InChI is InChI=1S/C20H21BrN2O3/c1-13-12-23(16-7-9-17(26-2)10-8-16)20(25)18(13)11-19(24)22-15-5-3-14(21)4-6-15/h3-10,13,18H,11-12H2,1-2H3,(H,22,24)/t13-,18+/m0/s1. The SMILES string of the molecule is COc1ccc(N2C[C@H](C)[C@@H](CC(=O)Nc3ccc(Br)cc3)C2=O)cc1. The number of amides is 2. The van der Waals surface area contributed by atoms with Crippen molar-refractivity contribution in [3.63, 3.8) is 0 Å². The Morgan fingerprint density at radius 1 is 1.19 bits per heavy atom. The number of nitrogens with one attached hydrogen (secondary N) is 1. The summed E-state index contributed by atoms with van der Waals surface area (Å²) >= 11 is 3.37. The Kier molecular flexibility index (Phi) is 5.61. The van der Waals surface area contributed by atoms with Crippen LogP contribution in [0.3, 0.4) is 0 Å². The van der Waals surface area contributed by atoms with Crippen LogP contribution in [0.2, 0.25) is 0 Å². The maximum absolute atomic E-state index is 12.8. The molecule has 2 amide bonds. The van der Waals surface area contributed by atoms with Gasteiger partial charge in [0.05, 0.1) is 13.0 Å². The van der Waals surface area contributed by atoms with E-state index < -0.39 is 0 Å². The van der Waals surface area contributed by atoms with Crippen LogP contribution in [0, 0.1) is 11.8 Å².